The number of hydrogen-bond acceptors (Lipinski definition) is 3. The Morgan fingerprint density at radius 2 is 1.89 bits per heavy atom. The third-order valence-corrected chi connectivity index (χ3v) is 3.83. The van der Waals surface area contributed by atoms with Gasteiger partial charge in [-0.05, 0) is 0 Å². The van der Waals surface area contributed by atoms with E-state index >= 15 is 0 Å². The minimum atomic E-state index is -0.466. The number of carbonyl (C=O) groups excluding carboxylic acids is 1. The zero-order chi connectivity index (χ0) is 13.7. The van der Waals surface area contributed by atoms with E-state index in [2.05, 4.69) is 45.1 Å². The summed E-state index contributed by atoms with van der Waals surface area (Å²) in [4.78, 5) is 13.1. The van der Waals surface area contributed by atoms with Crippen molar-refractivity contribution >= 4 is 9.66 Å². The molecule has 0 atom stereocenters. The molecule has 0 aromatic heterocycles. The summed E-state index contributed by atoms with van der Waals surface area (Å²) in [7, 11) is 0. The molecule has 0 aliphatic heterocycles. The molecule has 1 rings (SSSR count). The molecule has 0 radical (unpaired) electrons. The monoisotopic (exact) mass is 362 g/mol. The maximum atomic E-state index is 11.2. The van der Waals surface area contributed by atoms with Gasteiger partial charge in [-0.1, -0.05) is 0 Å². The summed E-state index contributed by atoms with van der Waals surface area (Å²) >= 11 is -0.466. The van der Waals surface area contributed by atoms with Gasteiger partial charge in [0.2, 0.25) is 0 Å². The Balaban J connectivity index is 2.84. The Kier molecular flexibility index (Phi) is 5.91. The molecule has 3 nitrogen and oxygen atoms in total. The van der Waals surface area contributed by atoms with Gasteiger partial charge < -0.3 is 0 Å². The summed E-state index contributed by atoms with van der Waals surface area (Å²) in [6.07, 6.45) is 0. The molecule has 18 heavy (non-hydrogen) atoms. The van der Waals surface area contributed by atoms with Crippen LogP contribution >= 0.6 is 0 Å². The normalized spacial score (nSPS) is 10.8. The summed E-state index contributed by atoms with van der Waals surface area (Å²) in [5.74, 6) is 0. The van der Waals surface area contributed by atoms with Gasteiger partial charge in [0.05, 0.1) is 0 Å². The molecule has 0 fully saturated rings. The van der Waals surface area contributed by atoms with Crippen LogP contribution in [0.4, 0.5) is 10.5 Å². The fourth-order valence-electron chi connectivity index (χ4n) is 1.82. The van der Waals surface area contributed by atoms with Gasteiger partial charge >= 0.3 is 120 Å². The van der Waals surface area contributed by atoms with Crippen molar-refractivity contribution in [3.63, 3.8) is 0 Å². The van der Waals surface area contributed by atoms with Gasteiger partial charge in [0, 0.05) is 0 Å². The van der Waals surface area contributed by atoms with E-state index in [1.807, 2.05) is 4.93 Å². The molecule has 0 aliphatic carbocycles. The molecular weight excluding hydrogens is 341 g/mol. The molecule has 0 bridgehead atoms. The number of carbonyl (C=O) groups is 1. The van der Waals surface area contributed by atoms with E-state index in [-0.39, 0.29) is 3.98 Å². The molecule has 0 aliphatic rings. The number of alkyl halides is 1. The van der Waals surface area contributed by atoms with Crippen LogP contribution in [-0.4, -0.2) is 14.9 Å². The second-order valence-corrected chi connectivity index (χ2v) is 6.56. The number of rotatable bonds is 5. The molecule has 0 saturated carbocycles. The summed E-state index contributed by atoms with van der Waals surface area (Å²) in [5.41, 5.74) is 4.58. The maximum absolute atomic E-state index is 11.2. The zero-order valence-electron chi connectivity index (χ0n) is 11.6. The number of anilines is 1. The number of nitrogens with one attached hydrogen (secondary N) is 1. The van der Waals surface area contributed by atoms with Gasteiger partial charge in [-0.15, -0.1) is 0 Å². The van der Waals surface area contributed by atoms with Crippen LogP contribution in [0.3, 0.4) is 0 Å². The zero-order valence-corrected chi connectivity index (χ0v) is 13.8. The fraction of sp³-hybridized carbons (Fsp3) is 0.500. The molecule has 102 valence electrons. The fourth-order valence-corrected chi connectivity index (χ4v) is 2.29. The molecule has 0 amide bonds. The van der Waals surface area contributed by atoms with Crippen LogP contribution in [0.5, 0.6) is 0 Å². The van der Waals surface area contributed by atoms with Crippen LogP contribution in [0.25, 0.3) is 0 Å². The predicted octanol–water partition coefficient (Wildman–Crippen LogP) is 0.479. The van der Waals surface area contributed by atoms with E-state index in [4.69, 9.17) is 4.74 Å². The average Bonchev–Trinajstić information content (AvgIpc) is 2.26. The van der Waals surface area contributed by atoms with Gasteiger partial charge in [-0.25, -0.2) is 0 Å². The van der Waals surface area contributed by atoms with E-state index in [0.717, 1.165) is 11.3 Å². The first-order valence-corrected chi connectivity index (χ1v) is 9.20. The second kappa shape index (κ2) is 6.97. The molecule has 4 heteroatoms. The Morgan fingerprint density at radius 3 is 2.33 bits per heavy atom. The van der Waals surface area contributed by atoms with Crippen molar-refractivity contribution in [2.75, 3.05) is 10.2 Å². The van der Waals surface area contributed by atoms with Crippen LogP contribution in [0.2, 0.25) is 0 Å². The van der Waals surface area contributed by atoms with Crippen LogP contribution in [0, 0.1) is 13.8 Å². The van der Waals surface area contributed by atoms with Crippen LogP contribution < -0.4 is 26.5 Å². The quantitative estimate of drug-likeness (QED) is 0.471. The molecule has 0 spiro atoms. The summed E-state index contributed by atoms with van der Waals surface area (Å²) in [6.45, 7) is 8.74. The van der Waals surface area contributed by atoms with Gasteiger partial charge in [-0.3, -0.25) is 0 Å². The molecule has 1 aromatic carbocycles. The van der Waals surface area contributed by atoms with Gasteiger partial charge in [0.25, 0.3) is 0 Å². The van der Waals surface area contributed by atoms with E-state index in [1.165, 1.54) is 11.1 Å². The Hall–Kier alpha value is -0.780. The summed E-state index contributed by atoms with van der Waals surface area (Å²) < 4.78 is 5.20. The minimum absolute atomic E-state index is 0.0445. The van der Waals surface area contributed by atoms with E-state index in [0.29, 0.717) is 12.6 Å². The number of hydrogen-bond donors (Lipinski definition) is 1. The van der Waals surface area contributed by atoms with Crippen LogP contribution in [0.1, 0.15) is 30.5 Å². The topological polar surface area (TPSA) is 38.3 Å². The number of ether oxygens (including phenoxy) is 1. The predicted molar refractivity (Wildman–Crippen MR) is 70.8 cm³/mol. The molecule has 0 heterocycles. The van der Waals surface area contributed by atoms with Crippen molar-refractivity contribution in [2.45, 2.75) is 40.3 Å². The van der Waals surface area contributed by atoms with Crippen LogP contribution in [0.15, 0.2) is 12.1 Å². The molecule has 1 N–H and O–H groups in total. The SMILES string of the molecule is C[I-]C(=O)OCc1c(C)cc(NC(C)C)cc1C. The van der Waals surface area contributed by atoms with Gasteiger partial charge in [-0.2, -0.15) is 0 Å². The first-order valence-electron chi connectivity index (χ1n) is 5.97. The van der Waals surface area contributed by atoms with Crippen molar-refractivity contribution in [3.05, 3.63) is 28.8 Å². The standard InChI is InChI=1S/C14H21INO2/c1-9(2)16-12-6-10(3)13(11(4)7-12)8-18-14(17)15-5/h6-7,9,16H,8H2,1-5H3/q-1. The molecule has 0 saturated heterocycles. The number of aryl methyl sites for hydroxylation is 2. The first kappa shape index (κ1) is 15.3. The van der Waals surface area contributed by atoms with E-state index in [9.17, 15) is 4.79 Å². The first-order chi connectivity index (χ1) is 8.43. The molecular formula is C14H21INO2-. The Labute approximate surface area is 120 Å². The van der Waals surface area contributed by atoms with Crippen molar-refractivity contribution in [1.29, 1.82) is 0 Å². The van der Waals surface area contributed by atoms with Crippen molar-refractivity contribution in [3.8, 4) is 0 Å². The van der Waals surface area contributed by atoms with Crippen molar-refractivity contribution in [1.82, 2.24) is 0 Å². The number of benzene rings is 1. The van der Waals surface area contributed by atoms with Gasteiger partial charge in [0.15, 0.2) is 0 Å². The Bertz CT molecular complexity index is 407. The average molecular weight is 362 g/mol. The van der Waals surface area contributed by atoms with E-state index in [1.54, 1.807) is 0 Å². The van der Waals surface area contributed by atoms with E-state index < -0.39 is 21.2 Å². The summed E-state index contributed by atoms with van der Waals surface area (Å²) in [5, 5.41) is 3.39. The van der Waals surface area contributed by atoms with Crippen LogP contribution in [-0.2, 0) is 11.3 Å². The number of halogens is 1. The Morgan fingerprint density at radius 1 is 1.33 bits per heavy atom. The molecule has 1 aromatic rings. The third kappa shape index (κ3) is 4.48. The van der Waals surface area contributed by atoms with Crippen molar-refractivity contribution in [2.24, 2.45) is 0 Å². The molecule has 0 unspecified atom stereocenters. The second-order valence-electron chi connectivity index (χ2n) is 4.60. The third-order valence-electron chi connectivity index (χ3n) is 2.64. The summed E-state index contributed by atoms with van der Waals surface area (Å²) in [6, 6.07) is 4.63. The van der Waals surface area contributed by atoms with Gasteiger partial charge in [0.1, 0.15) is 0 Å². The van der Waals surface area contributed by atoms with Crippen molar-refractivity contribution < 1.29 is 30.7 Å².